The monoisotopic (exact) mass is 186 g/mol. The maximum absolute atomic E-state index is 4.04. The average molecular weight is 186 g/mol. The molecular weight excluding hydrogens is 172 g/mol. The van der Waals surface area contributed by atoms with Crippen LogP contribution in [-0.2, 0) is 0 Å². The number of aryl methyl sites for hydroxylation is 2. The molecule has 0 unspecified atom stereocenters. The predicted octanol–water partition coefficient (Wildman–Crippen LogP) is 3.00. The molecule has 1 aromatic heterocycles. The maximum Gasteiger partial charge on any atom is 0.0682 e. The van der Waals surface area contributed by atoms with Gasteiger partial charge < -0.3 is 0 Å². The summed E-state index contributed by atoms with van der Waals surface area (Å²) in [6.45, 7) is 6.34. The third-order valence-electron chi connectivity index (χ3n) is 2.70. The first-order valence-corrected chi connectivity index (χ1v) is 4.76. The van der Waals surface area contributed by atoms with E-state index in [4.69, 9.17) is 0 Å². The molecule has 1 aromatic carbocycles. The van der Waals surface area contributed by atoms with Crippen LogP contribution in [0.5, 0.6) is 0 Å². The Kier molecular flexibility index (Phi) is 2.12. The molecule has 0 saturated carbocycles. The van der Waals surface area contributed by atoms with Gasteiger partial charge in [0, 0.05) is 5.56 Å². The molecule has 14 heavy (non-hydrogen) atoms. The van der Waals surface area contributed by atoms with Gasteiger partial charge in [-0.2, -0.15) is 5.10 Å². The average Bonchev–Trinajstić information content (AvgIpc) is 2.57. The van der Waals surface area contributed by atoms with Crippen molar-refractivity contribution in [1.29, 1.82) is 0 Å². The van der Waals surface area contributed by atoms with E-state index in [9.17, 15) is 0 Å². The van der Waals surface area contributed by atoms with Crippen LogP contribution in [0.3, 0.4) is 0 Å². The van der Waals surface area contributed by atoms with Gasteiger partial charge in [-0.15, -0.1) is 0 Å². The van der Waals surface area contributed by atoms with E-state index in [1.165, 1.54) is 22.3 Å². The van der Waals surface area contributed by atoms with Gasteiger partial charge in [0.15, 0.2) is 0 Å². The first kappa shape index (κ1) is 9.00. The zero-order valence-electron chi connectivity index (χ0n) is 8.76. The van der Waals surface area contributed by atoms with Crippen LogP contribution in [-0.4, -0.2) is 10.2 Å². The Morgan fingerprint density at radius 2 is 1.86 bits per heavy atom. The van der Waals surface area contributed by atoms with Gasteiger partial charge in [-0.1, -0.05) is 18.2 Å². The summed E-state index contributed by atoms with van der Waals surface area (Å²) in [5.74, 6) is 0. The molecule has 0 atom stereocenters. The van der Waals surface area contributed by atoms with Gasteiger partial charge >= 0.3 is 0 Å². The van der Waals surface area contributed by atoms with Crippen molar-refractivity contribution >= 4 is 0 Å². The van der Waals surface area contributed by atoms with Gasteiger partial charge in [0.1, 0.15) is 0 Å². The second-order valence-corrected chi connectivity index (χ2v) is 3.68. The van der Waals surface area contributed by atoms with Crippen LogP contribution < -0.4 is 0 Å². The molecule has 1 heterocycles. The number of rotatable bonds is 1. The van der Waals surface area contributed by atoms with Gasteiger partial charge in [-0.05, 0) is 37.5 Å². The number of benzene rings is 1. The number of aromatic amines is 1. The number of hydrogen-bond donors (Lipinski definition) is 1. The molecule has 72 valence electrons. The van der Waals surface area contributed by atoms with Crippen molar-refractivity contribution in [3.8, 4) is 11.3 Å². The number of nitrogens with zero attached hydrogens (tertiary/aromatic N) is 1. The molecule has 0 fully saturated rings. The Labute approximate surface area is 84.0 Å². The lowest BCUT2D eigenvalue weighted by atomic mass is 9.99. The van der Waals surface area contributed by atoms with E-state index >= 15 is 0 Å². The minimum absolute atomic E-state index is 1.13. The smallest absolute Gasteiger partial charge is 0.0682 e. The Morgan fingerprint density at radius 1 is 1.07 bits per heavy atom. The molecular formula is C12H14N2. The van der Waals surface area contributed by atoms with E-state index in [1.807, 2.05) is 6.20 Å². The van der Waals surface area contributed by atoms with Crippen molar-refractivity contribution in [3.05, 3.63) is 41.1 Å². The fourth-order valence-electron chi connectivity index (χ4n) is 1.64. The number of nitrogens with one attached hydrogen (secondary N) is 1. The zero-order valence-corrected chi connectivity index (χ0v) is 8.76. The second kappa shape index (κ2) is 3.29. The molecule has 0 aliphatic heterocycles. The van der Waals surface area contributed by atoms with Crippen LogP contribution in [0.1, 0.15) is 16.7 Å². The van der Waals surface area contributed by atoms with Crippen LogP contribution >= 0.6 is 0 Å². The Morgan fingerprint density at radius 3 is 2.50 bits per heavy atom. The summed E-state index contributed by atoms with van der Waals surface area (Å²) in [7, 11) is 0. The second-order valence-electron chi connectivity index (χ2n) is 3.68. The van der Waals surface area contributed by atoms with Crippen molar-refractivity contribution in [2.75, 3.05) is 0 Å². The molecule has 0 saturated heterocycles. The number of H-pyrrole nitrogens is 1. The molecule has 0 radical (unpaired) electrons. The van der Waals surface area contributed by atoms with Gasteiger partial charge in [-0.3, -0.25) is 5.10 Å². The minimum atomic E-state index is 1.13. The van der Waals surface area contributed by atoms with Crippen LogP contribution in [0.4, 0.5) is 0 Å². The predicted molar refractivity (Wildman–Crippen MR) is 58.2 cm³/mol. The fourth-order valence-corrected chi connectivity index (χ4v) is 1.64. The third kappa shape index (κ3) is 1.33. The summed E-state index contributed by atoms with van der Waals surface area (Å²) >= 11 is 0. The van der Waals surface area contributed by atoms with E-state index in [1.54, 1.807) is 0 Å². The van der Waals surface area contributed by atoms with Crippen molar-refractivity contribution in [3.63, 3.8) is 0 Å². The fraction of sp³-hybridized carbons (Fsp3) is 0.250. The first-order valence-electron chi connectivity index (χ1n) is 4.76. The summed E-state index contributed by atoms with van der Waals surface area (Å²) in [6, 6.07) is 6.34. The van der Waals surface area contributed by atoms with Gasteiger partial charge in [0.2, 0.25) is 0 Å². The molecule has 0 bridgehead atoms. The van der Waals surface area contributed by atoms with E-state index in [0.717, 1.165) is 5.69 Å². The van der Waals surface area contributed by atoms with Crippen molar-refractivity contribution in [2.45, 2.75) is 20.8 Å². The van der Waals surface area contributed by atoms with Gasteiger partial charge in [-0.25, -0.2) is 0 Å². The lowest BCUT2D eigenvalue weighted by Gasteiger charge is -2.07. The molecule has 2 rings (SSSR count). The normalized spacial score (nSPS) is 10.5. The van der Waals surface area contributed by atoms with E-state index in [0.29, 0.717) is 0 Å². The zero-order chi connectivity index (χ0) is 10.1. The highest BCUT2D eigenvalue weighted by atomic mass is 15.1. The topological polar surface area (TPSA) is 28.7 Å². The van der Waals surface area contributed by atoms with E-state index < -0.39 is 0 Å². The molecule has 2 aromatic rings. The van der Waals surface area contributed by atoms with Crippen LogP contribution in [0.15, 0.2) is 24.4 Å². The van der Waals surface area contributed by atoms with Crippen LogP contribution in [0.25, 0.3) is 11.3 Å². The molecule has 0 amide bonds. The SMILES string of the molecule is Cc1cn[nH]c1-c1cccc(C)c1C. The van der Waals surface area contributed by atoms with Gasteiger partial charge in [0.25, 0.3) is 0 Å². The highest BCUT2D eigenvalue weighted by Gasteiger charge is 2.07. The van der Waals surface area contributed by atoms with Crippen LogP contribution in [0, 0.1) is 20.8 Å². The largest absolute Gasteiger partial charge is 0.278 e. The van der Waals surface area contributed by atoms with Crippen molar-refractivity contribution < 1.29 is 0 Å². The summed E-state index contributed by atoms with van der Waals surface area (Å²) < 4.78 is 0. The van der Waals surface area contributed by atoms with Gasteiger partial charge in [0.05, 0.1) is 11.9 Å². The van der Waals surface area contributed by atoms with Crippen molar-refractivity contribution in [1.82, 2.24) is 10.2 Å². The molecule has 1 N–H and O–H groups in total. The Balaban J connectivity index is 2.63. The highest BCUT2D eigenvalue weighted by Crippen LogP contribution is 2.25. The summed E-state index contributed by atoms with van der Waals surface area (Å²) in [5.41, 5.74) is 6.21. The van der Waals surface area contributed by atoms with Crippen molar-refractivity contribution in [2.24, 2.45) is 0 Å². The Hall–Kier alpha value is -1.57. The summed E-state index contributed by atoms with van der Waals surface area (Å²) in [4.78, 5) is 0. The third-order valence-corrected chi connectivity index (χ3v) is 2.70. The minimum Gasteiger partial charge on any atom is -0.278 e. The highest BCUT2D eigenvalue weighted by molar-refractivity contribution is 5.67. The van der Waals surface area contributed by atoms with E-state index in [-0.39, 0.29) is 0 Å². The lowest BCUT2D eigenvalue weighted by molar-refractivity contribution is 1.09. The van der Waals surface area contributed by atoms with Crippen LogP contribution in [0.2, 0.25) is 0 Å². The molecule has 0 spiro atoms. The lowest BCUT2D eigenvalue weighted by Crippen LogP contribution is -1.88. The first-order chi connectivity index (χ1) is 6.70. The molecule has 2 nitrogen and oxygen atoms in total. The number of hydrogen-bond acceptors (Lipinski definition) is 1. The molecule has 0 aliphatic rings. The van der Waals surface area contributed by atoms with E-state index in [2.05, 4.69) is 49.2 Å². The summed E-state index contributed by atoms with van der Waals surface area (Å²) in [6.07, 6.45) is 1.86. The molecule has 0 aliphatic carbocycles. The standard InChI is InChI=1S/C12H14N2/c1-8-5-4-6-11(10(8)3)12-9(2)7-13-14-12/h4-7H,1-3H3,(H,13,14). The quantitative estimate of drug-likeness (QED) is 0.728. The Bertz CT molecular complexity index is 455. The number of aromatic nitrogens is 2. The maximum atomic E-state index is 4.04. The molecule has 2 heteroatoms. The summed E-state index contributed by atoms with van der Waals surface area (Å²) in [5, 5.41) is 7.08.